The molecule has 0 unspecified atom stereocenters. The highest BCUT2D eigenvalue weighted by Crippen LogP contribution is 2.50. The Kier molecular flexibility index (Phi) is 6.59. The van der Waals surface area contributed by atoms with Gasteiger partial charge in [-0.3, -0.25) is 0 Å². The van der Waals surface area contributed by atoms with Crippen LogP contribution in [0, 0.1) is 0 Å². The molecule has 8 rings (SSSR count). The molecule has 0 spiro atoms. The number of hydrogen-bond donors (Lipinski definition) is 0. The third-order valence-electron chi connectivity index (χ3n) is 8.71. The van der Waals surface area contributed by atoms with Gasteiger partial charge in [-0.05, 0) is 77.2 Å². The van der Waals surface area contributed by atoms with Crippen molar-refractivity contribution >= 4 is 21.5 Å². The molecule has 0 heteroatoms. The topological polar surface area (TPSA) is 0 Å². The molecule has 0 bridgehead atoms. The fourth-order valence-electron chi connectivity index (χ4n) is 6.72. The standard InChI is InChI=1S/C44H30/c1-3-15-31(16-4-1)36-25-11-12-26-40(36)43-38(34-17-5-2-6-18-34)29-30-42(39-27-13-21-32-19-7-9-23-35(32)39)44(43)41-28-14-22-33-20-8-10-24-37(33)41/h1-30H. The van der Waals surface area contributed by atoms with Gasteiger partial charge in [0.2, 0.25) is 0 Å². The van der Waals surface area contributed by atoms with Crippen molar-refractivity contribution < 1.29 is 0 Å². The Bertz CT molecular complexity index is 2250. The lowest BCUT2D eigenvalue weighted by Crippen LogP contribution is -1.97. The molecule has 206 valence electrons. The van der Waals surface area contributed by atoms with Gasteiger partial charge in [0.25, 0.3) is 0 Å². The first-order chi connectivity index (χ1) is 21.9. The molecule has 0 radical (unpaired) electrons. The minimum Gasteiger partial charge on any atom is -0.0622 e. The summed E-state index contributed by atoms with van der Waals surface area (Å²) < 4.78 is 0. The van der Waals surface area contributed by atoms with E-state index in [9.17, 15) is 0 Å². The van der Waals surface area contributed by atoms with Crippen molar-refractivity contribution in [2.24, 2.45) is 0 Å². The van der Waals surface area contributed by atoms with Crippen molar-refractivity contribution in [3.8, 4) is 55.6 Å². The Morgan fingerprint density at radius 2 is 0.614 bits per heavy atom. The zero-order valence-corrected chi connectivity index (χ0v) is 24.3. The molecule has 44 heavy (non-hydrogen) atoms. The molecule has 0 saturated heterocycles. The van der Waals surface area contributed by atoms with Crippen LogP contribution in [0.25, 0.3) is 77.2 Å². The predicted molar refractivity (Wildman–Crippen MR) is 189 cm³/mol. The van der Waals surface area contributed by atoms with Crippen LogP contribution in [0.2, 0.25) is 0 Å². The SMILES string of the molecule is c1ccc(-c2ccccc2-c2c(-c3ccccc3)ccc(-c3cccc4ccccc34)c2-c2cccc3ccccc23)cc1. The molecule has 0 atom stereocenters. The minimum atomic E-state index is 1.20. The highest BCUT2D eigenvalue weighted by molar-refractivity contribution is 6.12. The lowest BCUT2D eigenvalue weighted by molar-refractivity contribution is 1.55. The van der Waals surface area contributed by atoms with Crippen LogP contribution in [0.3, 0.4) is 0 Å². The van der Waals surface area contributed by atoms with E-state index in [1.54, 1.807) is 0 Å². The minimum absolute atomic E-state index is 1.20. The molecular formula is C44H30. The number of fused-ring (bicyclic) bond motifs is 2. The molecule has 8 aromatic rings. The van der Waals surface area contributed by atoms with Crippen molar-refractivity contribution in [3.63, 3.8) is 0 Å². The fraction of sp³-hybridized carbons (Fsp3) is 0. The molecule has 0 aliphatic heterocycles. The molecule has 0 heterocycles. The van der Waals surface area contributed by atoms with E-state index in [0.29, 0.717) is 0 Å². The van der Waals surface area contributed by atoms with Crippen molar-refractivity contribution in [3.05, 3.63) is 182 Å². The number of rotatable bonds is 5. The van der Waals surface area contributed by atoms with E-state index in [2.05, 4.69) is 182 Å². The second-order valence-corrected chi connectivity index (χ2v) is 11.2. The van der Waals surface area contributed by atoms with Gasteiger partial charge in [-0.25, -0.2) is 0 Å². The Morgan fingerprint density at radius 1 is 0.205 bits per heavy atom. The quantitative estimate of drug-likeness (QED) is 0.197. The molecule has 0 amide bonds. The lowest BCUT2D eigenvalue weighted by atomic mass is 9.79. The van der Waals surface area contributed by atoms with Crippen LogP contribution >= 0.6 is 0 Å². The van der Waals surface area contributed by atoms with Gasteiger partial charge in [0.15, 0.2) is 0 Å². The summed E-state index contributed by atoms with van der Waals surface area (Å²) >= 11 is 0. The largest absolute Gasteiger partial charge is 0.0622 e. The second kappa shape index (κ2) is 11.2. The van der Waals surface area contributed by atoms with E-state index in [1.807, 2.05) is 0 Å². The molecule has 0 saturated carbocycles. The van der Waals surface area contributed by atoms with Crippen molar-refractivity contribution in [2.45, 2.75) is 0 Å². The third kappa shape index (κ3) is 4.49. The molecule has 0 N–H and O–H groups in total. The summed E-state index contributed by atoms with van der Waals surface area (Å²) in [4.78, 5) is 0. The second-order valence-electron chi connectivity index (χ2n) is 11.2. The molecule has 0 aliphatic carbocycles. The van der Waals surface area contributed by atoms with Crippen LogP contribution in [-0.4, -0.2) is 0 Å². The predicted octanol–water partition coefficient (Wildman–Crippen LogP) is 12.3. The van der Waals surface area contributed by atoms with Gasteiger partial charge < -0.3 is 0 Å². The average Bonchev–Trinajstić information content (AvgIpc) is 3.11. The summed E-state index contributed by atoms with van der Waals surface area (Å²) in [7, 11) is 0. The van der Waals surface area contributed by atoms with Crippen LogP contribution in [-0.2, 0) is 0 Å². The molecule has 8 aromatic carbocycles. The Balaban J connectivity index is 1.58. The van der Waals surface area contributed by atoms with Gasteiger partial charge in [-0.1, -0.05) is 182 Å². The maximum atomic E-state index is 2.34. The number of hydrogen-bond acceptors (Lipinski definition) is 0. The summed E-state index contributed by atoms with van der Waals surface area (Å²) in [6.45, 7) is 0. The van der Waals surface area contributed by atoms with Gasteiger partial charge in [0.1, 0.15) is 0 Å². The zero-order chi connectivity index (χ0) is 29.3. The van der Waals surface area contributed by atoms with Crippen molar-refractivity contribution in [2.75, 3.05) is 0 Å². The first-order valence-electron chi connectivity index (χ1n) is 15.2. The van der Waals surface area contributed by atoms with Crippen LogP contribution in [0.1, 0.15) is 0 Å². The van der Waals surface area contributed by atoms with E-state index in [-0.39, 0.29) is 0 Å². The third-order valence-corrected chi connectivity index (χ3v) is 8.71. The van der Waals surface area contributed by atoms with Crippen LogP contribution in [0.5, 0.6) is 0 Å². The molecule has 0 fully saturated rings. The number of benzene rings is 8. The van der Waals surface area contributed by atoms with Crippen LogP contribution in [0.4, 0.5) is 0 Å². The van der Waals surface area contributed by atoms with Gasteiger partial charge >= 0.3 is 0 Å². The van der Waals surface area contributed by atoms with E-state index >= 15 is 0 Å². The zero-order valence-electron chi connectivity index (χ0n) is 24.3. The molecular weight excluding hydrogens is 528 g/mol. The summed E-state index contributed by atoms with van der Waals surface area (Å²) in [5, 5.41) is 4.99. The van der Waals surface area contributed by atoms with Crippen molar-refractivity contribution in [1.82, 2.24) is 0 Å². The summed E-state index contributed by atoms with van der Waals surface area (Å²) in [5.41, 5.74) is 12.3. The first kappa shape index (κ1) is 25.9. The van der Waals surface area contributed by atoms with E-state index in [0.717, 1.165) is 0 Å². The van der Waals surface area contributed by atoms with E-state index in [1.165, 1.54) is 77.2 Å². The summed E-state index contributed by atoms with van der Waals surface area (Å²) in [6.07, 6.45) is 0. The normalized spacial score (nSPS) is 11.2. The lowest BCUT2D eigenvalue weighted by Gasteiger charge is -2.24. The molecule has 0 nitrogen and oxygen atoms in total. The molecule has 0 aliphatic rings. The Hall–Kier alpha value is -5.72. The van der Waals surface area contributed by atoms with Crippen LogP contribution in [0.15, 0.2) is 182 Å². The van der Waals surface area contributed by atoms with Gasteiger partial charge in [-0.2, -0.15) is 0 Å². The monoisotopic (exact) mass is 558 g/mol. The van der Waals surface area contributed by atoms with Gasteiger partial charge in [0.05, 0.1) is 0 Å². The Labute approximate surface area is 258 Å². The average molecular weight is 559 g/mol. The fourth-order valence-corrected chi connectivity index (χ4v) is 6.72. The smallest absolute Gasteiger partial charge is 0.00139 e. The molecule has 0 aromatic heterocycles. The van der Waals surface area contributed by atoms with Gasteiger partial charge in [-0.15, -0.1) is 0 Å². The highest BCUT2D eigenvalue weighted by Gasteiger charge is 2.23. The van der Waals surface area contributed by atoms with Crippen molar-refractivity contribution in [1.29, 1.82) is 0 Å². The maximum absolute atomic E-state index is 2.34. The van der Waals surface area contributed by atoms with Gasteiger partial charge in [0, 0.05) is 0 Å². The van der Waals surface area contributed by atoms with Crippen LogP contribution < -0.4 is 0 Å². The summed E-state index contributed by atoms with van der Waals surface area (Å²) in [5.74, 6) is 0. The first-order valence-corrected chi connectivity index (χ1v) is 15.2. The Morgan fingerprint density at radius 3 is 1.27 bits per heavy atom. The highest BCUT2D eigenvalue weighted by atomic mass is 14.3. The van der Waals surface area contributed by atoms with E-state index < -0.39 is 0 Å². The van der Waals surface area contributed by atoms with E-state index in [4.69, 9.17) is 0 Å². The summed E-state index contributed by atoms with van der Waals surface area (Å²) in [6, 6.07) is 66.1. The maximum Gasteiger partial charge on any atom is -0.00139 e.